The number of benzene rings is 3. The Morgan fingerprint density at radius 2 is 1.58 bits per heavy atom. The van der Waals surface area contributed by atoms with Gasteiger partial charge in [-0.05, 0) is 54.6 Å². The smallest absolute Gasteiger partial charge is 0.266 e. The fourth-order valence-corrected chi connectivity index (χ4v) is 4.44. The molecule has 168 valence electrons. The van der Waals surface area contributed by atoms with Crippen LogP contribution in [0.5, 0.6) is 11.5 Å². The first kappa shape index (κ1) is 21.0. The Balaban J connectivity index is 1.63. The molecule has 3 atom stereocenters. The van der Waals surface area contributed by atoms with Gasteiger partial charge >= 0.3 is 0 Å². The predicted octanol–water partition coefficient (Wildman–Crippen LogP) is 3.89. The molecular weight excluding hydrogens is 427 g/mol. The molecule has 2 aliphatic rings. The van der Waals surface area contributed by atoms with Gasteiger partial charge in [-0.25, -0.2) is 14.4 Å². The molecule has 0 radical (unpaired) electrons. The van der Waals surface area contributed by atoms with Crippen LogP contribution in [0.2, 0.25) is 0 Å². The van der Waals surface area contributed by atoms with Gasteiger partial charge in [0.25, 0.3) is 5.91 Å². The fourth-order valence-electron chi connectivity index (χ4n) is 4.44. The molecule has 0 spiro atoms. The molecule has 2 aliphatic heterocycles. The number of rotatable bonds is 5. The van der Waals surface area contributed by atoms with Gasteiger partial charge in [-0.15, -0.1) is 0 Å². The molecule has 7 nitrogen and oxygen atoms in total. The molecule has 0 aliphatic carbocycles. The average Bonchev–Trinajstić information content (AvgIpc) is 3.36. The van der Waals surface area contributed by atoms with Gasteiger partial charge in [-0.1, -0.05) is 18.2 Å². The molecule has 0 unspecified atom stereocenters. The molecule has 2 saturated heterocycles. The summed E-state index contributed by atoms with van der Waals surface area (Å²) in [4.78, 5) is 34.1. The fraction of sp³-hybridized carbons (Fsp3) is 0.200. The highest BCUT2D eigenvalue weighted by molar-refractivity contribution is 6.23. The minimum absolute atomic E-state index is 0.298. The number of para-hydroxylation sites is 1. The molecule has 5 rings (SSSR count). The van der Waals surface area contributed by atoms with E-state index in [1.165, 1.54) is 31.4 Å². The van der Waals surface area contributed by atoms with Gasteiger partial charge in [0.15, 0.2) is 6.10 Å². The van der Waals surface area contributed by atoms with E-state index in [4.69, 9.17) is 14.3 Å². The topological polar surface area (TPSA) is 68.3 Å². The number of fused-ring (bicyclic) bond motifs is 1. The molecule has 0 aromatic heterocycles. The number of amides is 2. The van der Waals surface area contributed by atoms with Crippen molar-refractivity contribution < 1.29 is 28.3 Å². The van der Waals surface area contributed by atoms with Gasteiger partial charge in [0, 0.05) is 5.56 Å². The number of methoxy groups -OCH3 is 2. The average molecular weight is 448 g/mol. The molecule has 0 N–H and O–H groups in total. The standard InChI is InChI=1S/C25H21FN2O5/c1-31-18-12-13-20(32-2)19(14-18)22-21-23(33-28(22)17-6-4-3-5-7-17)25(30)27(24(21)29)16-10-8-15(26)9-11-16/h3-14,21-23H,1-2H3/t21-,22-,23+/m1/s1. The van der Waals surface area contributed by atoms with Crippen LogP contribution in [-0.4, -0.2) is 32.1 Å². The van der Waals surface area contributed by atoms with Crippen LogP contribution in [0.25, 0.3) is 0 Å². The molecular formula is C25H21FN2O5. The van der Waals surface area contributed by atoms with Gasteiger partial charge in [0.1, 0.15) is 29.3 Å². The van der Waals surface area contributed by atoms with E-state index in [0.29, 0.717) is 28.4 Å². The first-order valence-electron chi connectivity index (χ1n) is 10.4. The van der Waals surface area contributed by atoms with E-state index in [9.17, 15) is 14.0 Å². The van der Waals surface area contributed by atoms with Crippen molar-refractivity contribution in [2.75, 3.05) is 24.2 Å². The van der Waals surface area contributed by atoms with E-state index in [-0.39, 0.29) is 0 Å². The Labute approximate surface area is 189 Å². The number of carbonyl (C=O) groups excluding carboxylic acids is 2. The van der Waals surface area contributed by atoms with Crippen molar-refractivity contribution in [3.8, 4) is 11.5 Å². The van der Waals surface area contributed by atoms with E-state index < -0.39 is 35.7 Å². The largest absolute Gasteiger partial charge is 0.497 e. The summed E-state index contributed by atoms with van der Waals surface area (Å²) in [5, 5.41) is 1.59. The summed E-state index contributed by atoms with van der Waals surface area (Å²) >= 11 is 0. The highest BCUT2D eigenvalue weighted by Gasteiger charge is 2.60. The number of ether oxygens (including phenoxy) is 2. The molecule has 33 heavy (non-hydrogen) atoms. The van der Waals surface area contributed by atoms with Crippen LogP contribution >= 0.6 is 0 Å². The van der Waals surface area contributed by atoms with Crippen molar-refractivity contribution >= 4 is 23.2 Å². The molecule has 8 heteroatoms. The van der Waals surface area contributed by atoms with Crippen LogP contribution in [0.15, 0.2) is 72.8 Å². The number of halogens is 1. The third-order valence-electron chi connectivity index (χ3n) is 5.97. The SMILES string of the molecule is COc1ccc(OC)c([C@@H]2[C@H]3C(=O)N(c4ccc(F)cc4)C(=O)[C@H]3ON2c2ccccc2)c1. The molecule has 3 aromatic carbocycles. The molecule has 2 heterocycles. The van der Waals surface area contributed by atoms with E-state index in [1.54, 1.807) is 30.4 Å². The second-order valence-corrected chi connectivity index (χ2v) is 7.75. The van der Waals surface area contributed by atoms with Crippen molar-refractivity contribution in [3.05, 3.63) is 84.2 Å². The quantitative estimate of drug-likeness (QED) is 0.552. The zero-order valence-electron chi connectivity index (χ0n) is 18.0. The van der Waals surface area contributed by atoms with Crippen LogP contribution in [0.1, 0.15) is 11.6 Å². The van der Waals surface area contributed by atoms with Crippen LogP contribution in [0.4, 0.5) is 15.8 Å². The second-order valence-electron chi connectivity index (χ2n) is 7.75. The Bertz CT molecular complexity index is 1200. The maximum atomic E-state index is 13.6. The second kappa shape index (κ2) is 8.22. The number of carbonyl (C=O) groups is 2. The lowest BCUT2D eigenvalue weighted by atomic mass is 9.89. The highest BCUT2D eigenvalue weighted by Crippen LogP contribution is 2.50. The Hall–Kier alpha value is -3.91. The lowest BCUT2D eigenvalue weighted by molar-refractivity contribution is -0.126. The Morgan fingerprint density at radius 1 is 0.848 bits per heavy atom. The maximum absolute atomic E-state index is 13.6. The van der Waals surface area contributed by atoms with E-state index in [1.807, 2.05) is 30.3 Å². The summed E-state index contributed by atoms with van der Waals surface area (Å²) in [5.41, 5.74) is 1.64. The molecule has 0 saturated carbocycles. The van der Waals surface area contributed by atoms with Crippen LogP contribution < -0.4 is 19.4 Å². The van der Waals surface area contributed by atoms with E-state index in [0.717, 1.165) is 4.90 Å². The summed E-state index contributed by atoms with van der Waals surface area (Å²) in [6.45, 7) is 0. The zero-order chi connectivity index (χ0) is 23.1. The van der Waals surface area contributed by atoms with Gasteiger partial charge in [0.05, 0.1) is 25.6 Å². The zero-order valence-corrected chi connectivity index (χ0v) is 18.0. The normalized spacial score (nSPS) is 22.0. The van der Waals surface area contributed by atoms with Crippen LogP contribution in [0, 0.1) is 11.7 Å². The number of hydroxylamine groups is 1. The van der Waals surface area contributed by atoms with Crippen molar-refractivity contribution in [2.45, 2.75) is 12.1 Å². The monoisotopic (exact) mass is 448 g/mol. The third kappa shape index (κ3) is 3.39. The number of anilines is 2. The van der Waals surface area contributed by atoms with Crippen molar-refractivity contribution in [3.63, 3.8) is 0 Å². The first-order valence-corrected chi connectivity index (χ1v) is 10.4. The number of imide groups is 1. The lowest BCUT2D eigenvalue weighted by Crippen LogP contribution is -2.37. The number of hydrogen-bond acceptors (Lipinski definition) is 6. The molecule has 0 bridgehead atoms. The number of nitrogens with zero attached hydrogens (tertiary/aromatic N) is 2. The van der Waals surface area contributed by atoms with Gasteiger partial charge < -0.3 is 9.47 Å². The molecule has 2 amide bonds. The third-order valence-corrected chi connectivity index (χ3v) is 5.97. The summed E-state index contributed by atoms with van der Waals surface area (Å²) in [7, 11) is 3.09. The van der Waals surface area contributed by atoms with Gasteiger partial charge in [-0.2, -0.15) is 0 Å². The predicted molar refractivity (Wildman–Crippen MR) is 118 cm³/mol. The Morgan fingerprint density at radius 3 is 2.24 bits per heavy atom. The minimum Gasteiger partial charge on any atom is -0.497 e. The summed E-state index contributed by atoms with van der Waals surface area (Å²) in [6, 6.07) is 19.1. The maximum Gasteiger partial charge on any atom is 0.266 e. The molecule has 3 aromatic rings. The van der Waals surface area contributed by atoms with Gasteiger partial charge in [-0.3, -0.25) is 14.4 Å². The van der Waals surface area contributed by atoms with Crippen molar-refractivity contribution in [1.82, 2.24) is 0 Å². The Kier molecular flexibility index (Phi) is 5.22. The summed E-state index contributed by atoms with van der Waals surface area (Å²) in [5.74, 6) is -1.11. The van der Waals surface area contributed by atoms with Crippen molar-refractivity contribution in [2.24, 2.45) is 5.92 Å². The summed E-state index contributed by atoms with van der Waals surface area (Å²) < 4.78 is 24.4. The highest BCUT2D eigenvalue weighted by atomic mass is 19.1. The van der Waals surface area contributed by atoms with E-state index in [2.05, 4.69) is 0 Å². The number of hydrogen-bond donors (Lipinski definition) is 0. The van der Waals surface area contributed by atoms with Gasteiger partial charge in [0.2, 0.25) is 5.91 Å². The molecule has 2 fully saturated rings. The minimum atomic E-state index is -1.04. The van der Waals surface area contributed by atoms with Crippen LogP contribution in [-0.2, 0) is 14.4 Å². The van der Waals surface area contributed by atoms with E-state index >= 15 is 0 Å². The lowest BCUT2D eigenvalue weighted by Gasteiger charge is -2.29. The van der Waals surface area contributed by atoms with Crippen molar-refractivity contribution in [1.29, 1.82) is 0 Å². The van der Waals surface area contributed by atoms with Crippen LogP contribution in [0.3, 0.4) is 0 Å². The summed E-state index contributed by atoms with van der Waals surface area (Å²) in [6.07, 6.45) is -1.04. The first-order chi connectivity index (χ1) is 16.0.